The van der Waals surface area contributed by atoms with Crippen LogP contribution < -0.4 is 4.74 Å². The second-order valence-electron chi connectivity index (χ2n) is 7.39. The van der Waals surface area contributed by atoms with Crippen molar-refractivity contribution in [1.82, 2.24) is 5.01 Å². The molecular formula is C23H23BrN2O2. The Morgan fingerprint density at radius 3 is 2.64 bits per heavy atom. The third-order valence-electron chi connectivity index (χ3n) is 5.51. The molecular weight excluding hydrogens is 416 g/mol. The van der Waals surface area contributed by atoms with Crippen LogP contribution in [-0.4, -0.2) is 23.6 Å². The number of aryl methyl sites for hydroxylation is 1. The Labute approximate surface area is 174 Å². The van der Waals surface area contributed by atoms with Crippen molar-refractivity contribution in [3.8, 4) is 5.75 Å². The van der Waals surface area contributed by atoms with Gasteiger partial charge in [0.15, 0.2) is 5.78 Å². The molecule has 0 aromatic heterocycles. The minimum Gasteiger partial charge on any atom is -0.497 e. The largest absolute Gasteiger partial charge is 0.497 e. The average Bonchev–Trinajstić information content (AvgIpc) is 3.08. The van der Waals surface area contributed by atoms with Crippen LogP contribution >= 0.6 is 15.9 Å². The lowest BCUT2D eigenvalue weighted by molar-refractivity contribution is -0.112. The van der Waals surface area contributed by atoms with E-state index in [2.05, 4.69) is 52.3 Å². The number of hydrogen-bond donors (Lipinski definition) is 0. The first-order valence-corrected chi connectivity index (χ1v) is 10.3. The molecule has 0 N–H and O–H groups in total. The zero-order chi connectivity index (χ0) is 19.8. The summed E-state index contributed by atoms with van der Waals surface area (Å²) in [7, 11) is 1.69. The van der Waals surface area contributed by atoms with Gasteiger partial charge in [0.25, 0.3) is 0 Å². The van der Waals surface area contributed by atoms with Crippen molar-refractivity contribution in [3.63, 3.8) is 0 Å². The average molecular weight is 439 g/mol. The number of hydrazone groups is 1. The van der Waals surface area contributed by atoms with Crippen molar-refractivity contribution in [3.05, 3.63) is 75.4 Å². The number of carbonyl (C=O) groups is 1. The van der Waals surface area contributed by atoms with Gasteiger partial charge >= 0.3 is 0 Å². The van der Waals surface area contributed by atoms with E-state index in [9.17, 15) is 4.79 Å². The zero-order valence-corrected chi connectivity index (χ0v) is 17.9. The van der Waals surface area contributed by atoms with Gasteiger partial charge in [0.05, 0.1) is 18.9 Å². The molecule has 0 saturated heterocycles. The Balaban J connectivity index is 1.83. The minimum absolute atomic E-state index is 0.0317. The Kier molecular flexibility index (Phi) is 5.11. The van der Waals surface area contributed by atoms with Crippen LogP contribution in [0.15, 0.2) is 63.8 Å². The van der Waals surface area contributed by atoms with E-state index in [0.717, 1.165) is 40.0 Å². The van der Waals surface area contributed by atoms with Gasteiger partial charge in [-0.15, -0.1) is 0 Å². The monoisotopic (exact) mass is 438 g/mol. The highest BCUT2D eigenvalue weighted by Crippen LogP contribution is 2.45. The first-order chi connectivity index (χ1) is 13.5. The van der Waals surface area contributed by atoms with E-state index < -0.39 is 0 Å². The highest BCUT2D eigenvalue weighted by molar-refractivity contribution is 9.10. The molecule has 5 heteroatoms. The molecule has 4 nitrogen and oxygen atoms in total. The van der Waals surface area contributed by atoms with E-state index in [0.29, 0.717) is 0 Å². The molecule has 1 aliphatic carbocycles. The molecule has 1 heterocycles. The topological polar surface area (TPSA) is 41.9 Å². The molecule has 0 saturated carbocycles. The van der Waals surface area contributed by atoms with E-state index in [1.165, 1.54) is 11.1 Å². The lowest BCUT2D eigenvalue weighted by Crippen LogP contribution is -2.28. The predicted molar refractivity (Wildman–Crippen MR) is 115 cm³/mol. The molecule has 0 bridgehead atoms. The van der Waals surface area contributed by atoms with Gasteiger partial charge in [0.1, 0.15) is 5.75 Å². The number of methoxy groups -OCH3 is 1. The number of ether oxygens (including phenoxy) is 1. The first-order valence-electron chi connectivity index (χ1n) is 9.47. The van der Waals surface area contributed by atoms with Gasteiger partial charge < -0.3 is 4.74 Å². The standard InChI is InChI=1S/C23H23BrN2O2/c1-14(12-15(2)27)26-23(17-4-8-18(24)9-5-17)20-11-7-16-6-10-19(28-3)13-21(16)22(20)25-26/h4-6,8-10,12-13,20,23H,7,11H2,1-3H3/b14-12+/t20-,23+/m1/s1. The molecule has 0 fully saturated rings. The summed E-state index contributed by atoms with van der Waals surface area (Å²) in [4.78, 5) is 11.7. The fraction of sp³-hybridized carbons (Fsp3) is 0.304. The van der Waals surface area contributed by atoms with Crippen molar-refractivity contribution in [2.24, 2.45) is 11.0 Å². The van der Waals surface area contributed by atoms with Crippen LogP contribution in [0.3, 0.4) is 0 Å². The molecule has 28 heavy (non-hydrogen) atoms. The Morgan fingerprint density at radius 1 is 1.21 bits per heavy atom. The zero-order valence-electron chi connectivity index (χ0n) is 16.3. The van der Waals surface area contributed by atoms with Gasteiger partial charge in [-0.05, 0) is 62.1 Å². The van der Waals surface area contributed by atoms with E-state index in [1.807, 2.05) is 18.0 Å². The van der Waals surface area contributed by atoms with Crippen LogP contribution in [0.4, 0.5) is 0 Å². The Morgan fingerprint density at radius 2 is 1.96 bits per heavy atom. The second kappa shape index (κ2) is 7.55. The fourth-order valence-corrected chi connectivity index (χ4v) is 4.53. The van der Waals surface area contributed by atoms with Crippen LogP contribution in [0.25, 0.3) is 0 Å². The van der Waals surface area contributed by atoms with Crippen molar-refractivity contribution in [2.75, 3.05) is 7.11 Å². The molecule has 0 amide bonds. The van der Waals surface area contributed by atoms with Gasteiger partial charge in [-0.25, -0.2) is 0 Å². The third-order valence-corrected chi connectivity index (χ3v) is 6.04. The van der Waals surface area contributed by atoms with Crippen molar-refractivity contribution in [2.45, 2.75) is 32.7 Å². The van der Waals surface area contributed by atoms with Crippen LogP contribution in [0, 0.1) is 5.92 Å². The van der Waals surface area contributed by atoms with Crippen molar-refractivity contribution >= 4 is 27.4 Å². The number of carbonyl (C=O) groups excluding carboxylic acids is 1. The van der Waals surface area contributed by atoms with Gasteiger partial charge in [0.2, 0.25) is 0 Å². The quantitative estimate of drug-likeness (QED) is 0.610. The number of hydrogen-bond acceptors (Lipinski definition) is 4. The van der Waals surface area contributed by atoms with Crippen molar-refractivity contribution in [1.29, 1.82) is 0 Å². The second-order valence-corrected chi connectivity index (χ2v) is 8.31. The van der Waals surface area contributed by atoms with E-state index in [4.69, 9.17) is 9.84 Å². The lowest BCUT2D eigenvalue weighted by Gasteiger charge is -2.31. The Hall–Kier alpha value is -2.40. The SMILES string of the molecule is COc1ccc2c(c1)C1=NN(/C(C)=C/C(C)=O)[C@@H](c3ccc(Br)cc3)[C@@H]1CC2. The fourth-order valence-electron chi connectivity index (χ4n) is 4.26. The van der Waals surface area contributed by atoms with Crippen molar-refractivity contribution < 1.29 is 9.53 Å². The maximum atomic E-state index is 11.7. The third kappa shape index (κ3) is 3.39. The summed E-state index contributed by atoms with van der Waals surface area (Å²) in [6.07, 6.45) is 3.71. The number of allylic oxidation sites excluding steroid dienone is 2. The number of nitrogens with zero attached hydrogens (tertiary/aromatic N) is 2. The molecule has 4 rings (SSSR count). The van der Waals surface area contributed by atoms with E-state index in [-0.39, 0.29) is 17.7 Å². The van der Waals surface area contributed by atoms with Gasteiger partial charge in [-0.2, -0.15) is 5.10 Å². The number of ketones is 1. The highest BCUT2D eigenvalue weighted by Gasteiger charge is 2.42. The number of fused-ring (bicyclic) bond motifs is 3. The summed E-state index contributed by atoms with van der Waals surface area (Å²) in [6, 6.07) is 14.7. The first kappa shape index (κ1) is 18.9. The molecule has 2 atom stereocenters. The van der Waals surface area contributed by atoms with Crippen LogP contribution in [0.2, 0.25) is 0 Å². The van der Waals surface area contributed by atoms with Gasteiger partial charge in [0, 0.05) is 27.7 Å². The van der Waals surface area contributed by atoms with Gasteiger partial charge in [-0.1, -0.05) is 34.1 Å². The molecule has 2 aliphatic rings. The van der Waals surface area contributed by atoms with Crippen LogP contribution in [0.1, 0.15) is 43.0 Å². The van der Waals surface area contributed by atoms with Crippen LogP contribution in [0.5, 0.6) is 5.75 Å². The van der Waals surface area contributed by atoms with Crippen LogP contribution in [-0.2, 0) is 11.2 Å². The molecule has 1 aliphatic heterocycles. The summed E-state index contributed by atoms with van der Waals surface area (Å²) < 4.78 is 6.50. The normalized spacial score (nSPS) is 21.1. The van der Waals surface area contributed by atoms with Gasteiger partial charge in [-0.3, -0.25) is 9.80 Å². The predicted octanol–water partition coefficient (Wildman–Crippen LogP) is 5.27. The number of benzene rings is 2. The Bertz CT molecular complexity index is 979. The molecule has 0 radical (unpaired) electrons. The summed E-state index contributed by atoms with van der Waals surface area (Å²) in [5.74, 6) is 1.15. The molecule has 2 aromatic rings. The summed E-state index contributed by atoms with van der Waals surface area (Å²) in [6.45, 7) is 3.54. The number of rotatable bonds is 4. The lowest BCUT2D eigenvalue weighted by atomic mass is 9.77. The summed E-state index contributed by atoms with van der Waals surface area (Å²) in [5.41, 5.74) is 5.63. The smallest absolute Gasteiger partial charge is 0.154 e. The van der Waals surface area contributed by atoms with E-state index >= 15 is 0 Å². The summed E-state index contributed by atoms with van der Waals surface area (Å²) in [5, 5.41) is 7.05. The minimum atomic E-state index is 0.0317. The molecule has 144 valence electrons. The maximum Gasteiger partial charge on any atom is 0.154 e. The van der Waals surface area contributed by atoms with E-state index in [1.54, 1.807) is 20.1 Å². The highest BCUT2D eigenvalue weighted by atomic mass is 79.9. The molecule has 2 aromatic carbocycles. The summed E-state index contributed by atoms with van der Waals surface area (Å²) >= 11 is 3.52. The molecule has 0 unspecified atom stereocenters. The molecule has 0 spiro atoms. The number of halogens is 1. The maximum absolute atomic E-state index is 11.7.